The third kappa shape index (κ3) is 13.7. The molecule has 0 radical (unpaired) electrons. The second kappa shape index (κ2) is 23.1. The van der Waals surface area contributed by atoms with Crippen molar-refractivity contribution < 1.29 is 51.4 Å². The number of fused-ring (bicyclic) bond motifs is 1. The lowest BCUT2D eigenvalue weighted by atomic mass is 9.76. The SMILES string of the molecule is CCCCOC(=O)c1c(-c2ccccc2COc2ccc(C[C@H]3[C@@H](CN(CC(C)C)S(=O)(=O)c4ccc([N+](=O)[O-])c(/C=C/C(=O)OCC)c4)OC(C)(C)N3C(=O)OC(C)(C)C)cc2)sc2c1CC(C)(C)CC2. The van der Waals surface area contributed by atoms with Crippen molar-refractivity contribution >= 4 is 51.2 Å². The van der Waals surface area contributed by atoms with E-state index < -0.39 is 56.2 Å². The summed E-state index contributed by atoms with van der Waals surface area (Å²) < 4.78 is 60.4. The van der Waals surface area contributed by atoms with Crippen LogP contribution in [0.25, 0.3) is 16.5 Å². The second-order valence-corrected chi connectivity index (χ2v) is 24.2. The second-order valence-electron chi connectivity index (χ2n) is 21.1. The first kappa shape index (κ1) is 55.7. The van der Waals surface area contributed by atoms with E-state index in [0.29, 0.717) is 17.9 Å². The number of nitro benzene ring substituents is 1. The van der Waals surface area contributed by atoms with Crippen LogP contribution in [-0.2, 0) is 59.6 Å². The molecule has 0 N–H and O–H groups in total. The summed E-state index contributed by atoms with van der Waals surface area (Å²) in [4.78, 5) is 54.9. The minimum absolute atomic E-state index is 0.0548. The number of hydrogen-bond donors (Lipinski definition) is 0. The Hall–Kier alpha value is -5.62. The number of nitrogens with zero attached hydrogens (tertiary/aromatic N) is 3. The lowest BCUT2D eigenvalue weighted by Gasteiger charge is -2.35. The van der Waals surface area contributed by atoms with E-state index in [2.05, 4.69) is 20.8 Å². The van der Waals surface area contributed by atoms with Gasteiger partial charge in [0.1, 0.15) is 23.7 Å². The van der Waals surface area contributed by atoms with Crippen molar-refractivity contribution in [3.8, 4) is 16.2 Å². The fourth-order valence-electron chi connectivity index (χ4n) is 9.19. The summed E-state index contributed by atoms with van der Waals surface area (Å²) in [7, 11) is -4.36. The zero-order valence-electron chi connectivity index (χ0n) is 43.6. The number of thiophene rings is 1. The Labute approximate surface area is 429 Å². The largest absolute Gasteiger partial charge is 0.489 e. The monoisotopic (exact) mass is 1030 g/mol. The molecule has 1 fully saturated rings. The normalized spacial score (nSPS) is 17.5. The van der Waals surface area contributed by atoms with Gasteiger partial charge in [-0.25, -0.2) is 22.8 Å². The fourth-order valence-corrected chi connectivity index (χ4v) is 12.2. The van der Waals surface area contributed by atoms with Gasteiger partial charge in [-0.05, 0) is 138 Å². The fraction of sp³-hybridized carbons (Fsp3) is 0.509. The topological polar surface area (TPSA) is 181 Å². The molecule has 1 aromatic heterocycles. The van der Waals surface area contributed by atoms with Crippen molar-refractivity contribution in [2.45, 2.75) is 150 Å². The first-order valence-corrected chi connectivity index (χ1v) is 27.0. The number of carbonyl (C=O) groups is 3. The van der Waals surface area contributed by atoms with Crippen LogP contribution in [-0.4, -0.2) is 90.4 Å². The van der Waals surface area contributed by atoms with Gasteiger partial charge < -0.3 is 23.7 Å². The first-order chi connectivity index (χ1) is 33.8. The van der Waals surface area contributed by atoms with Crippen LogP contribution < -0.4 is 4.74 Å². The van der Waals surface area contributed by atoms with Gasteiger partial charge in [0.2, 0.25) is 10.0 Å². The summed E-state index contributed by atoms with van der Waals surface area (Å²) in [5.74, 6) is -0.580. The van der Waals surface area contributed by atoms with Gasteiger partial charge in [0, 0.05) is 35.0 Å². The molecule has 1 saturated heterocycles. The molecule has 3 aromatic carbocycles. The molecule has 1 amide bonds. The van der Waals surface area contributed by atoms with E-state index in [0.717, 1.165) is 77.5 Å². The van der Waals surface area contributed by atoms with Crippen LogP contribution in [0.2, 0.25) is 0 Å². The van der Waals surface area contributed by atoms with Gasteiger partial charge in [0.05, 0.1) is 46.3 Å². The third-order valence-electron chi connectivity index (χ3n) is 12.6. The summed E-state index contributed by atoms with van der Waals surface area (Å²) in [6.45, 7) is 21.3. The number of carbonyl (C=O) groups excluding carboxylic acids is 3. The Bertz CT molecular complexity index is 2740. The lowest BCUT2D eigenvalue weighted by molar-refractivity contribution is -0.385. The Morgan fingerprint density at radius 1 is 1.01 bits per heavy atom. The molecule has 0 saturated carbocycles. The van der Waals surface area contributed by atoms with E-state index in [-0.39, 0.29) is 60.5 Å². The van der Waals surface area contributed by atoms with Crippen LogP contribution in [0.5, 0.6) is 5.75 Å². The molecule has 0 spiro atoms. The molecular weight excluding hydrogens is 959 g/mol. The van der Waals surface area contributed by atoms with Crippen molar-refractivity contribution in [1.29, 1.82) is 0 Å². The van der Waals surface area contributed by atoms with E-state index in [1.165, 1.54) is 26.2 Å². The van der Waals surface area contributed by atoms with Crippen molar-refractivity contribution in [3.63, 3.8) is 0 Å². The minimum atomic E-state index is -4.36. The van der Waals surface area contributed by atoms with Gasteiger partial charge in [0.15, 0.2) is 0 Å². The number of amides is 1. The number of esters is 2. The number of hydrogen-bond acceptors (Lipinski definition) is 13. The Morgan fingerprint density at radius 2 is 1.72 bits per heavy atom. The van der Waals surface area contributed by atoms with Crippen molar-refractivity contribution in [2.75, 3.05) is 26.3 Å². The van der Waals surface area contributed by atoms with Crippen LogP contribution in [0.1, 0.15) is 133 Å². The van der Waals surface area contributed by atoms with E-state index in [1.54, 1.807) is 52.9 Å². The number of ether oxygens (including phenoxy) is 5. The van der Waals surface area contributed by atoms with Crippen LogP contribution in [0.4, 0.5) is 10.5 Å². The molecule has 390 valence electrons. The number of aryl methyl sites for hydroxylation is 1. The smallest absolute Gasteiger partial charge is 0.412 e. The Kier molecular flexibility index (Phi) is 17.8. The highest BCUT2D eigenvalue weighted by molar-refractivity contribution is 7.89. The maximum atomic E-state index is 14.7. The molecular formula is C55H71N3O12S2. The van der Waals surface area contributed by atoms with Crippen molar-refractivity contribution in [2.24, 2.45) is 11.3 Å². The maximum absolute atomic E-state index is 14.7. The van der Waals surface area contributed by atoms with Crippen LogP contribution >= 0.6 is 11.3 Å². The van der Waals surface area contributed by atoms with Crippen molar-refractivity contribution in [1.82, 2.24) is 9.21 Å². The summed E-state index contributed by atoms with van der Waals surface area (Å²) in [5, 5.41) is 12.0. The molecule has 6 rings (SSSR count). The number of unbranched alkanes of at least 4 members (excludes halogenated alkanes) is 1. The summed E-state index contributed by atoms with van der Waals surface area (Å²) in [5.41, 5.74) is 1.92. The van der Waals surface area contributed by atoms with Crippen molar-refractivity contribution in [3.05, 3.63) is 116 Å². The summed E-state index contributed by atoms with van der Waals surface area (Å²) in [6, 6.07) is 18.2. The van der Waals surface area contributed by atoms with E-state index >= 15 is 0 Å². The number of sulfonamides is 1. The van der Waals surface area contributed by atoms with Gasteiger partial charge >= 0.3 is 18.0 Å². The molecule has 15 nitrogen and oxygen atoms in total. The van der Waals surface area contributed by atoms with E-state index in [9.17, 15) is 32.9 Å². The third-order valence-corrected chi connectivity index (χ3v) is 15.7. The van der Waals surface area contributed by atoms with Crippen LogP contribution in [0.3, 0.4) is 0 Å². The highest BCUT2D eigenvalue weighted by Gasteiger charge is 2.52. The molecule has 4 aromatic rings. The summed E-state index contributed by atoms with van der Waals surface area (Å²) in [6.07, 6.45) is 5.42. The predicted octanol–water partition coefficient (Wildman–Crippen LogP) is 11.6. The molecule has 17 heteroatoms. The molecule has 2 aliphatic rings. The number of benzene rings is 3. The minimum Gasteiger partial charge on any atom is -0.489 e. The predicted molar refractivity (Wildman–Crippen MR) is 278 cm³/mol. The van der Waals surface area contributed by atoms with Crippen LogP contribution in [0, 0.1) is 21.4 Å². The number of nitro groups is 1. The van der Waals surface area contributed by atoms with Gasteiger partial charge in [0.25, 0.3) is 5.69 Å². The Morgan fingerprint density at radius 3 is 2.38 bits per heavy atom. The van der Waals surface area contributed by atoms with Gasteiger partial charge in [-0.1, -0.05) is 77.4 Å². The molecule has 0 bridgehead atoms. The molecule has 0 unspecified atom stereocenters. The zero-order valence-corrected chi connectivity index (χ0v) is 45.2. The van der Waals surface area contributed by atoms with Gasteiger partial charge in [-0.3, -0.25) is 15.0 Å². The molecule has 2 atom stereocenters. The number of rotatable bonds is 20. The molecule has 2 heterocycles. The highest BCUT2D eigenvalue weighted by atomic mass is 32.2. The average Bonchev–Trinajstić information content (AvgIpc) is 3.79. The van der Waals surface area contributed by atoms with Gasteiger partial charge in [-0.2, -0.15) is 4.31 Å². The molecule has 1 aliphatic carbocycles. The maximum Gasteiger partial charge on any atom is 0.412 e. The first-order valence-electron chi connectivity index (χ1n) is 24.8. The lowest BCUT2D eigenvalue weighted by Crippen LogP contribution is -2.52. The van der Waals surface area contributed by atoms with E-state index in [4.69, 9.17) is 23.7 Å². The average molecular weight is 1030 g/mol. The summed E-state index contributed by atoms with van der Waals surface area (Å²) >= 11 is 1.67. The quantitative estimate of drug-likeness (QED) is 0.0204. The highest BCUT2D eigenvalue weighted by Crippen LogP contribution is 2.46. The van der Waals surface area contributed by atoms with E-state index in [1.807, 2.05) is 62.4 Å². The Balaban J connectivity index is 1.28. The zero-order chi connectivity index (χ0) is 52.8. The van der Waals surface area contributed by atoms with Crippen LogP contribution in [0.15, 0.2) is 77.7 Å². The van der Waals surface area contributed by atoms with Gasteiger partial charge in [-0.15, -0.1) is 11.3 Å². The molecule has 1 aliphatic heterocycles. The standard InChI is InChI=1S/C55H71N3O12S2/c1-12-14-29-67-51(60)49-43-32-54(8,9)28-27-47(43)71-50(49)42-18-16-15-17-39(42)35-68-40-22-19-37(20-23-40)30-45-46(69-55(10,11)57(45)52(61)70-53(5,6)7)34-56(33-36(3)4)72(64,65)41-24-25-44(58(62)63)38(31-41)21-26-48(59)66-13-2/h15-26,31,36,45-46H,12-14,27-30,32-35H2,1-11H3/b26-21+/t45-,46+/m0/s1. The molecule has 72 heavy (non-hydrogen) atoms.